The number of carbonyl (C=O) groups excluding carboxylic acids is 1. The average molecular weight is 399 g/mol. The summed E-state index contributed by atoms with van der Waals surface area (Å²) >= 11 is 1.21. The number of hydrogen-bond acceptors (Lipinski definition) is 7. The first kappa shape index (κ1) is 19.8. The van der Waals surface area contributed by atoms with E-state index in [1.165, 1.54) is 18.0 Å². The molecule has 1 aromatic heterocycles. The van der Waals surface area contributed by atoms with Gasteiger partial charge in [-0.2, -0.15) is 5.10 Å². The monoisotopic (exact) mass is 399 g/mol. The highest BCUT2D eigenvalue weighted by Gasteiger charge is 2.10. The Hall–Kier alpha value is -3.00. The highest BCUT2D eigenvalue weighted by atomic mass is 32.2. The van der Waals surface area contributed by atoms with Gasteiger partial charge in [-0.3, -0.25) is 4.79 Å². The van der Waals surface area contributed by atoms with Crippen LogP contribution < -0.4 is 14.9 Å². The van der Waals surface area contributed by atoms with Crippen LogP contribution in [-0.2, 0) is 4.79 Å². The van der Waals surface area contributed by atoms with Crippen LogP contribution in [0.5, 0.6) is 11.5 Å². The predicted molar refractivity (Wildman–Crippen MR) is 109 cm³/mol. The van der Waals surface area contributed by atoms with Crippen molar-refractivity contribution in [3.05, 3.63) is 48.0 Å². The third kappa shape index (κ3) is 5.04. The number of oxazole rings is 1. The molecule has 3 aromatic rings. The minimum atomic E-state index is -0.262. The number of nitrogens with zero attached hydrogens (tertiary/aromatic N) is 2. The zero-order valence-corrected chi connectivity index (χ0v) is 16.5. The zero-order chi connectivity index (χ0) is 19.8. The van der Waals surface area contributed by atoms with Gasteiger partial charge >= 0.3 is 0 Å². The summed E-state index contributed by atoms with van der Waals surface area (Å²) in [6.45, 7) is 2.59. The molecule has 8 heteroatoms. The van der Waals surface area contributed by atoms with E-state index in [1.807, 2.05) is 49.4 Å². The number of carbonyl (C=O) groups is 1. The lowest BCUT2D eigenvalue weighted by Crippen LogP contribution is -2.19. The molecule has 0 saturated carbocycles. The Kier molecular flexibility index (Phi) is 6.91. The molecule has 3 rings (SSSR count). The lowest BCUT2D eigenvalue weighted by atomic mass is 10.2. The molecule has 0 unspecified atom stereocenters. The van der Waals surface area contributed by atoms with Crippen molar-refractivity contribution < 1.29 is 18.7 Å². The van der Waals surface area contributed by atoms with E-state index >= 15 is 0 Å². The van der Waals surface area contributed by atoms with Gasteiger partial charge in [0.1, 0.15) is 5.52 Å². The van der Waals surface area contributed by atoms with Gasteiger partial charge in [0.2, 0.25) is 0 Å². The summed E-state index contributed by atoms with van der Waals surface area (Å²) in [5, 5.41) is 4.46. The summed E-state index contributed by atoms with van der Waals surface area (Å²) < 4.78 is 16.6. The molecule has 0 aliphatic heterocycles. The van der Waals surface area contributed by atoms with Gasteiger partial charge in [0.15, 0.2) is 17.1 Å². The molecule has 146 valence electrons. The minimum Gasteiger partial charge on any atom is -0.493 e. The molecule has 0 radical (unpaired) electrons. The zero-order valence-electron chi connectivity index (χ0n) is 15.7. The summed E-state index contributed by atoms with van der Waals surface area (Å²) in [4.78, 5) is 16.3. The molecule has 2 aromatic carbocycles. The fraction of sp³-hybridized carbons (Fsp3) is 0.250. The molecular weight excluding hydrogens is 378 g/mol. The van der Waals surface area contributed by atoms with Crippen LogP contribution in [0.3, 0.4) is 0 Å². The molecule has 0 fully saturated rings. The smallest absolute Gasteiger partial charge is 0.257 e. The summed E-state index contributed by atoms with van der Waals surface area (Å²) in [5.41, 5.74) is 4.68. The van der Waals surface area contributed by atoms with Crippen LogP contribution in [0.25, 0.3) is 11.1 Å². The van der Waals surface area contributed by atoms with Crippen molar-refractivity contribution in [3.8, 4) is 11.5 Å². The second kappa shape index (κ2) is 9.80. The number of hydrazone groups is 1. The number of methoxy groups -OCH3 is 1. The van der Waals surface area contributed by atoms with Crippen LogP contribution in [0.1, 0.15) is 18.9 Å². The first-order chi connectivity index (χ1) is 13.7. The SMILES string of the molecule is CCCOc1c(/C=N\NC(=O)CSc2nc3ccccc3o2)cccc1OC. The van der Waals surface area contributed by atoms with Crippen LogP contribution in [0, 0.1) is 0 Å². The third-order valence-corrected chi connectivity index (χ3v) is 4.50. The highest BCUT2D eigenvalue weighted by molar-refractivity contribution is 7.99. The molecule has 0 saturated heterocycles. The van der Waals surface area contributed by atoms with Gasteiger partial charge in [0, 0.05) is 5.56 Å². The van der Waals surface area contributed by atoms with Gasteiger partial charge in [-0.1, -0.05) is 36.9 Å². The molecular formula is C20H21N3O4S. The Morgan fingerprint density at radius 3 is 2.93 bits per heavy atom. The summed E-state index contributed by atoms with van der Waals surface area (Å²) in [5.74, 6) is 1.10. The van der Waals surface area contributed by atoms with E-state index in [9.17, 15) is 4.79 Å². The quantitative estimate of drug-likeness (QED) is 0.334. The molecule has 7 nitrogen and oxygen atoms in total. The predicted octanol–water partition coefficient (Wildman–Crippen LogP) is 3.87. The molecule has 1 heterocycles. The fourth-order valence-corrected chi connectivity index (χ4v) is 3.03. The van der Waals surface area contributed by atoms with E-state index in [1.54, 1.807) is 7.11 Å². The minimum absolute atomic E-state index is 0.140. The number of rotatable bonds is 9. The van der Waals surface area contributed by atoms with Gasteiger partial charge < -0.3 is 13.9 Å². The number of nitrogens with one attached hydrogen (secondary N) is 1. The molecule has 0 aliphatic rings. The van der Waals surface area contributed by atoms with Crippen molar-refractivity contribution in [2.24, 2.45) is 5.10 Å². The molecule has 28 heavy (non-hydrogen) atoms. The van der Waals surface area contributed by atoms with Gasteiger partial charge in [-0.05, 0) is 30.7 Å². The maximum Gasteiger partial charge on any atom is 0.257 e. The normalized spacial score (nSPS) is 11.1. The van der Waals surface area contributed by atoms with Crippen LogP contribution in [-0.4, -0.2) is 36.6 Å². The first-order valence-electron chi connectivity index (χ1n) is 8.81. The van der Waals surface area contributed by atoms with Gasteiger partial charge in [-0.15, -0.1) is 0 Å². The van der Waals surface area contributed by atoms with Crippen molar-refractivity contribution in [2.75, 3.05) is 19.5 Å². The van der Waals surface area contributed by atoms with Crippen LogP contribution in [0.15, 0.2) is 57.2 Å². The van der Waals surface area contributed by atoms with E-state index in [0.29, 0.717) is 28.9 Å². The van der Waals surface area contributed by atoms with E-state index < -0.39 is 0 Å². The Morgan fingerprint density at radius 1 is 1.29 bits per heavy atom. The summed E-state index contributed by atoms with van der Waals surface area (Å²) in [7, 11) is 1.58. The number of fused-ring (bicyclic) bond motifs is 1. The van der Waals surface area contributed by atoms with Gasteiger partial charge in [-0.25, -0.2) is 10.4 Å². The third-order valence-electron chi connectivity index (χ3n) is 3.67. The van der Waals surface area contributed by atoms with Gasteiger partial charge in [0.25, 0.3) is 11.1 Å². The Morgan fingerprint density at radius 2 is 2.14 bits per heavy atom. The topological polar surface area (TPSA) is 86.0 Å². The Bertz CT molecular complexity index is 938. The number of thioether (sulfide) groups is 1. The van der Waals surface area contributed by atoms with E-state index in [4.69, 9.17) is 13.9 Å². The fourth-order valence-electron chi connectivity index (χ4n) is 2.40. The lowest BCUT2D eigenvalue weighted by molar-refractivity contribution is -0.118. The molecule has 0 aliphatic carbocycles. The molecule has 0 atom stereocenters. The number of aromatic nitrogens is 1. The van der Waals surface area contributed by atoms with E-state index in [-0.39, 0.29) is 11.7 Å². The lowest BCUT2D eigenvalue weighted by Gasteiger charge is -2.12. The van der Waals surface area contributed by atoms with Crippen LogP contribution in [0.2, 0.25) is 0 Å². The molecule has 0 bridgehead atoms. The van der Waals surface area contributed by atoms with Gasteiger partial charge in [0.05, 0.1) is 25.7 Å². The number of benzene rings is 2. The second-order valence-corrected chi connectivity index (χ2v) is 6.68. The molecule has 1 N–H and O–H groups in total. The van der Waals surface area contributed by atoms with Crippen molar-refractivity contribution in [1.82, 2.24) is 10.4 Å². The van der Waals surface area contributed by atoms with Crippen LogP contribution >= 0.6 is 11.8 Å². The van der Waals surface area contributed by atoms with E-state index in [2.05, 4.69) is 15.5 Å². The average Bonchev–Trinajstić information content (AvgIpc) is 3.14. The first-order valence-corrected chi connectivity index (χ1v) is 9.80. The summed E-state index contributed by atoms with van der Waals surface area (Å²) in [6.07, 6.45) is 2.41. The van der Waals surface area contributed by atoms with Crippen molar-refractivity contribution >= 4 is 35.0 Å². The second-order valence-electron chi connectivity index (χ2n) is 5.76. The molecule has 0 spiro atoms. The van der Waals surface area contributed by atoms with Crippen molar-refractivity contribution in [3.63, 3.8) is 0 Å². The Labute approximate surface area is 167 Å². The summed E-state index contributed by atoms with van der Waals surface area (Å²) in [6, 6.07) is 13.0. The number of hydrogen-bond donors (Lipinski definition) is 1. The number of amides is 1. The standard InChI is InChI=1S/C20H21N3O4S/c1-3-11-26-19-14(7-6-10-17(19)25-2)12-21-23-18(24)13-28-20-22-15-8-4-5-9-16(15)27-20/h4-10,12H,3,11,13H2,1-2H3,(H,23,24)/b21-12-. The van der Waals surface area contributed by atoms with E-state index in [0.717, 1.165) is 17.5 Å². The van der Waals surface area contributed by atoms with Crippen molar-refractivity contribution in [1.29, 1.82) is 0 Å². The Balaban J connectivity index is 1.57. The van der Waals surface area contributed by atoms with Crippen LogP contribution in [0.4, 0.5) is 0 Å². The van der Waals surface area contributed by atoms with Crippen molar-refractivity contribution in [2.45, 2.75) is 18.6 Å². The highest BCUT2D eigenvalue weighted by Crippen LogP contribution is 2.30. The maximum absolute atomic E-state index is 12.0. The number of para-hydroxylation sites is 3. The molecule has 1 amide bonds. The largest absolute Gasteiger partial charge is 0.493 e. The maximum atomic E-state index is 12.0. The number of ether oxygens (including phenoxy) is 2.